The molecule has 0 aliphatic heterocycles. The zero-order valence-corrected chi connectivity index (χ0v) is 19.4. The summed E-state index contributed by atoms with van der Waals surface area (Å²) < 4.78 is 15.6. The van der Waals surface area contributed by atoms with Crippen molar-refractivity contribution in [1.82, 2.24) is 0 Å². The van der Waals surface area contributed by atoms with Crippen LogP contribution in [0.3, 0.4) is 0 Å². The molecule has 0 bridgehead atoms. The van der Waals surface area contributed by atoms with Crippen molar-refractivity contribution in [2.45, 2.75) is 78.2 Å². The second-order valence-electron chi connectivity index (χ2n) is 7.85. The average molecular weight is 435 g/mol. The highest BCUT2D eigenvalue weighted by Crippen LogP contribution is 2.29. The summed E-state index contributed by atoms with van der Waals surface area (Å²) in [5.74, 6) is 0.294. The lowest BCUT2D eigenvalue weighted by Gasteiger charge is -2.13. The number of esters is 2. The molecule has 0 fully saturated rings. The number of carbonyl (C=O) groups excluding carboxylic acids is 2. The van der Waals surface area contributed by atoms with Crippen LogP contribution in [-0.4, -0.2) is 36.9 Å². The standard InChI is InChI=1S/C25H38O6/c1-5-30-24(27)13-11-9-7-6-8-10-12-21(26)16-14-20-15-17-22(23(18-20)29-4)31-25(28)19(2)3/h10,12,15,17-19,21,26H,5-9,11,13-14,16H2,1-4H3. The first kappa shape index (κ1) is 26.7. The van der Waals surface area contributed by atoms with E-state index >= 15 is 0 Å². The molecule has 6 heteroatoms. The fraction of sp³-hybridized carbons (Fsp3) is 0.600. The number of hydrogen-bond acceptors (Lipinski definition) is 6. The molecule has 0 radical (unpaired) electrons. The van der Waals surface area contributed by atoms with E-state index in [0.29, 0.717) is 37.4 Å². The topological polar surface area (TPSA) is 82.1 Å². The predicted molar refractivity (Wildman–Crippen MR) is 121 cm³/mol. The molecule has 174 valence electrons. The molecule has 0 amide bonds. The third-order valence-electron chi connectivity index (χ3n) is 4.80. The smallest absolute Gasteiger partial charge is 0.313 e. The summed E-state index contributed by atoms with van der Waals surface area (Å²) in [4.78, 5) is 23.0. The molecule has 1 aromatic carbocycles. The van der Waals surface area contributed by atoms with Crippen LogP contribution in [-0.2, 0) is 20.7 Å². The third-order valence-corrected chi connectivity index (χ3v) is 4.80. The quantitative estimate of drug-likeness (QED) is 0.181. The molecule has 0 spiro atoms. The van der Waals surface area contributed by atoms with Crippen molar-refractivity contribution in [2.24, 2.45) is 5.92 Å². The lowest BCUT2D eigenvalue weighted by Crippen LogP contribution is -2.15. The molecular formula is C25H38O6. The van der Waals surface area contributed by atoms with Crippen LogP contribution in [0.5, 0.6) is 11.5 Å². The van der Waals surface area contributed by atoms with Gasteiger partial charge in [0.15, 0.2) is 11.5 Å². The number of hydrogen-bond donors (Lipinski definition) is 1. The normalized spacial score (nSPS) is 12.2. The van der Waals surface area contributed by atoms with Crippen molar-refractivity contribution in [2.75, 3.05) is 13.7 Å². The van der Waals surface area contributed by atoms with E-state index in [1.54, 1.807) is 27.0 Å². The first-order valence-electron chi connectivity index (χ1n) is 11.3. The number of rotatable bonds is 15. The Balaban J connectivity index is 2.30. The Kier molecular flexibility index (Phi) is 13.3. The molecule has 0 saturated heterocycles. The number of allylic oxidation sites excluding steroid dienone is 1. The number of aryl methyl sites for hydroxylation is 1. The lowest BCUT2D eigenvalue weighted by atomic mass is 10.0. The van der Waals surface area contributed by atoms with E-state index in [4.69, 9.17) is 14.2 Å². The largest absolute Gasteiger partial charge is 0.493 e. The van der Waals surface area contributed by atoms with Gasteiger partial charge in [-0.2, -0.15) is 0 Å². The molecule has 1 unspecified atom stereocenters. The minimum atomic E-state index is -0.506. The van der Waals surface area contributed by atoms with Gasteiger partial charge in [-0.05, 0) is 56.7 Å². The van der Waals surface area contributed by atoms with Crippen LogP contribution in [0.25, 0.3) is 0 Å². The number of aliphatic hydroxyl groups excluding tert-OH is 1. The summed E-state index contributed by atoms with van der Waals surface area (Å²) >= 11 is 0. The Labute approximate surface area is 186 Å². The zero-order valence-electron chi connectivity index (χ0n) is 19.4. The Morgan fingerprint density at radius 3 is 2.52 bits per heavy atom. The summed E-state index contributed by atoms with van der Waals surface area (Å²) in [5.41, 5.74) is 1.01. The van der Waals surface area contributed by atoms with E-state index in [0.717, 1.165) is 37.7 Å². The number of carbonyl (C=O) groups is 2. The van der Waals surface area contributed by atoms with Crippen molar-refractivity contribution in [3.63, 3.8) is 0 Å². The minimum absolute atomic E-state index is 0.116. The van der Waals surface area contributed by atoms with Crippen LogP contribution >= 0.6 is 0 Å². The second kappa shape index (κ2) is 15.5. The van der Waals surface area contributed by atoms with E-state index in [1.807, 2.05) is 31.2 Å². The number of methoxy groups -OCH3 is 1. The zero-order chi connectivity index (χ0) is 23.1. The van der Waals surface area contributed by atoms with E-state index in [1.165, 1.54) is 0 Å². The second-order valence-corrected chi connectivity index (χ2v) is 7.85. The minimum Gasteiger partial charge on any atom is -0.493 e. The maximum Gasteiger partial charge on any atom is 0.313 e. The van der Waals surface area contributed by atoms with Gasteiger partial charge in [0, 0.05) is 6.42 Å². The Hall–Kier alpha value is -2.34. The summed E-state index contributed by atoms with van der Waals surface area (Å²) in [6.07, 6.45) is 10.0. The molecule has 6 nitrogen and oxygen atoms in total. The number of aliphatic hydroxyl groups is 1. The molecular weight excluding hydrogens is 396 g/mol. The summed E-state index contributed by atoms with van der Waals surface area (Å²) in [7, 11) is 1.54. The molecule has 1 N–H and O–H groups in total. The highest BCUT2D eigenvalue weighted by Gasteiger charge is 2.14. The van der Waals surface area contributed by atoms with E-state index < -0.39 is 6.10 Å². The highest BCUT2D eigenvalue weighted by molar-refractivity contribution is 5.75. The van der Waals surface area contributed by atoms with Crippen molar-refractivity contribution in [3.8, 4) is 11.5 Å². The fourth-order valence-electron chi connectivity index (χ4n) is 2.96. The van der Waals surface area contributed by atoms with Crippen LogP contribution in [0.1, 0.15) is 71.3 Å². The summed E-state index contributed by atoms with van der Waals surface area (Å²) in [6, 6.07) is 5.46. The van der Waals surface area contributed by atoms with Crippen molar-refractivity contribution >= 4 is 11.9 Å². The average Bonchev–Trinajstić information content (AvgIpc) is 2.74. The monoisotopic (exact) mass is 434 g/mol. The van der Waals surface area contributed by atoms with Crippen molar-refractivity contribution in [1.29, 1.82) is 0 Å². The van der Waals surface area contributed by atoms with Gasteiger partial charge < -0.3 is 19.3 Å². The van der Waals surface area contributed by atoms with Gasteiger partial charge in [-0.1, -0.05) is 44.9 Å². The van der Waals surface area contributed by atoms with Crippen LogP contribution in [0.2, 0.25) is 0 Å². The molecule has 1 rings (SSSR count). The van der Waals surface area contributed by atoms with Gasteiger partial charge in [0.1, 0.15) is 0 Å². The first-order chi connectivity index (χ1) is 14.9. The maximum atomic E-state index is 11.8. The van der Waals surface area contributed by atoms with Crippen LogP contribution in [0.15, 0.2) is 30.4 Å². The van der Waals surface area contributed by atoms with Gasteiger partial charge in [0.05, 0.1) is 25.7 Å². The number of unbranched alkanes of at least 4 members (excludes halogenated alkanes) is 4. The SMILES string of the molecule is CCOC(=O)CCCCCCC=CC(O)CCc1ccc(OC(=O)C(C)C)c(OC)c1. The summed E-state index contributed by atoms with van der Waals surface area (Å²) in [6.45, 7) is 5.82. The predicted octanol–water partition coefficient (Wildman–Crippen LogP) is 5.01. The van der Waals surface area contributed by atoms with E-state index in [-0.39, 0.29) is 17.9 Å². The molecule has 0 aliphatic carbocycles. The molecule has 1 aromatic rings. The highest BCUT2D eigenvalue weighted by atomic mass is 16.6. The molecule has 1 atom stereocenters. The summed E-state index contributed by atoms with van der Waals surface area (Å²) in [5, 5.41) is 10.2. The molecule has 31 heavy (non-hydrogen) atoms. The van der Waals surface area contributed by atoms with Crippen LogP contribution < -0.4 is 9.47 Å². The Bertz CT molecular complexity index is 695. The Morgan fingerprint density at radius 1 is 1.10 bits per heavy atom. The lowest BCUT2D eigenvalue weighted by molar-refractivity contribution is -0.143. The maximum absolute atomic E-state index is 11.8. The first-order valence-corrected chi connectivity index (χ1v) is 11.3. The number of ether oxygens (including phenoxy) is 3. The van der Waals surface area contributed by atoms with Gasteiger partial charge >= 0.3 is 11.9 Å². The van der Waals surface area contributed by atoms with Gasteiger partial charge in [0.25, 0.3) is 0 Å². The van der Waals surface area contributed by atoms with Crippen LogP contribution in [0.4, 0.5) is 0 Å². The van der Waals surface area contributed by atoms with Gasteiger partial charge in [-0.15, -0.1) is 0 Å². The molecule has 0 saturated carbocycles. The fourth-order valence-corrected chi connectivity index (χ4v) is 2.96. The van der Waals surface area contributed by atoms with Crippen LogP contribution in [0, 0.1) is 5.92 Å². The Morgan fingerprint density at radius 2 is 1.84 bits per heavy atom. The van der Waals surface area contributed by atoms with Crippen molar-refractivity contribution < 1.29 is 28.9 Å². The number of benzene rings is 1. The van der Waals surface area contributed by atoms with E-state index in [9.17, 15) is 14.7 Å². The van der Waals surface area contributed by atoms with Gasteiger partial charge in [-0.3, -0.25) is 9.59 Å². The third kappa shape index (κ3) is 11.6. The molecule has 0 aromatic heterocycles. The van der Waals surface area contributed by atoms with Gasteiger partial charge in [0.2, 0.25) is 0 Å². The van der Waals surface area contributed by atoms with E-state index in [2.05, 4.69) is 0 Å². The molecule has 0 aliphatic rings. The molecule has 0 heterocycles. The van der Waals surface area contributed by atoms with Gasteiger partial charge in [-0.25, -0.2) is 0 Å². The van der Waals surface area contributed by atoms with Crippen molar-refractivity contribution in [3.05, 3.63) is 35.9 Å².